The largest absolute Gasteiger partial charge is 0.416 e. The number of methoxy groups -OCH3 is 1. The standard InChI is InChI=1S/C13H16F3N3O3/c1-7(20)18-10-4-3-8(13(14,15)16)5-11(10)19-12(21)9(17)6-22-2/h3-5,9H,6,17H2,1-2H3,(H,18,20)(H,19,21). The maximum absolute atomic E-state index is 12.7. The Morgan fingerprint density at radius 1 is 1.27 bits per heavy atom. The van der Waals surface area contributed by atoms with E-state index in [1.807, 2.05) is 0 Å². The fourth-order valence-corrected chi connectivity index (χ4v) is 1.60. The molecule has 0 saturated heterocycles. The summed E-state index contributed by atoms with van der Waals surface area (Å²) in [6.45, 7) is 1.10. The number of amides is 2. The number of carbonyl (C=O) groups excluding carboxylic acids is 2. The van der Waals surface area contributed by atoms with Crippen molar-refractivity contribution in [1.82, 2.24) is 0 Å². The molecule has 9 heteroatoms. The quantitative estimate of drug-likeness (QED) is 0.768. The molecule has 1 atom stereocenters. The first kappa shape index (κ1) is 17.9. The number of alkyl halides is 3. The molecule has 1 aromatic rings. The van der Waals surface area contributed by atoms with Crippen LogP contribution in [0.15, 0.2) is 18.2 Å². The van der Waals surface area contributed by atoms with Gasteiger partial charge in [0.15, 0.2) is 0 Å². The van der Waals surface area contributed by atoms with Crippen molar-refractivity contribution in [1.29, 1.82) is 0 Å². The average molecular weight is 319 g/mol. The van der Waals surface area contributed by atoms with Gasteiger partial charge in [-0.3, -0.25) is 9.59 Å². The minimum Gasteiger partial charge on any atom is -0.383 e. The summed E-state index contributed by atoms with van der Waals surface area (Å²) in [6.07, 6.45) is -4.58. The topological polar surface area (TPSA) is 93.4 Å². The number of rotatable bonds is 5. The highest BCUT2D eigenvalue weighted by Crippen LogP contribution is 2.34. The number of nitrogens with one attached hydrogen (secondary N) is 2. The van der Waals surface area contributed by atoms with Crippen LogP contribution in [0.1, 0.15) is 12.5 Å². The van der Waals surface area contributed by atoms with Crippen LogP contribution in [-0.2, 0) is 20.5 Å². The van der Waals surface area contributed by atoms with Crippen molar-refractivity contribution in [3.63, 3.8) is 0 Å². The van der Waals surface area contributed by atoms with Gasteiger partial charge in [-0.1, -0.05) is 0 Å². The Morgan fingerprint density at radius 2 is 1.91 bits per heavy atom. The molecule has 0 aliphatic carbocycles. The molecule has 0 fully saturated rings. The summed E-state index contributed by atoms with van der Waals surface area (Å²) < 4.78 is 42.9. The maximum Gasteiger partial charge on any atom is 0.416 e. The molecule has 0 bridgehead atoms. The van der Waals surface area contributed by atoms with E-state index >= 15 is 0 Å². The summed E-state index contributed by atoms with van der Waals surface area (Å²) in [5.41, 5.74) is 4.39. The molecule has 22 heavy (non-hydrogen) atoms. The smallest absolute Gasteiger partial charge is 0.383 e. The number of anilines is 2. The predicted octanol–water partition coefficient (Wildman–Crippen LogP) is 1.58. The predicted molar refractivity (Wildman–Crippen MR) is 74.2 cm³/mol. The molecule has 4 N–H and O–H groups in total. The van der Waals surface area contributed by atoms with Crippen molar-refractivity contribution in [3.05, 3.63) is 23.8 Å². The Kier molecular flexibility index (Phi) is 5.89. The lowest BCUT2D eigenvalue weighted by Crippen LogP contribution is -2.39. The highest BCUT2D eigenvalue weighted by Gasteiger charge is 2.31. The van der Waals surface area contributed by atoms with Crippen molar-refractivity contribution < 1.29 is 27.5 Å². The van der Waals surface area contributed by atoms with Crippen LogP contribution in [0.25, 0.3) is 0 Å². The molecule has 0 radical (unpaired) electrons. The minimum atomic E-state index is -4.58. The molecule has 6 nitrogen and oxygen atoms in total. The Hall–Kier alpha value is -2.13. The maximum atomic E-state index is 12.7. The van der Waals surface area contributed by atoms with E-state index in [1.54, 1.807) is 0 Å². The van der Waals surface area contributed by atoms with Crippen LogP contribution in [0.5, 0.6) is 0 Å². The average Bonchev–Trinajstić information content (AvgIpc) is 2.39. The summed E-state index contributed by atoms with van der Waals surface area (Å²) in [6, 6.07) is 1.53. The molecular formula is C13H16F3N3O3. The molecule has 2 amide bonds. The van der Waals surface area contributed by atoms with Crippen molar-refractivity contribution >= 4 is 23.2 Å². The van der Waals surface area contributed by atoms with Crippen molar-refractivity contribution in [2.75, 3.05) is 24.4 Å². The fraction of sp³-hybridized carbons (Fsp3) is 0.385. The Labute approximate surface area is 124 Å². The molecule has 0 heterocycles. The van der Waals surface area contributed by atoms with E-state index in [0.717, 1.165) is 18.2 Å². The molecule has 0 aliphatic heterocycles. The summed E-state index contributed by atoms with van der Waals surface area (Å²) in [7, 11) is 1.33. The number of hydrogen-bond donors (Lipinski definition) is 3. The lowest BCUT2D eigenvalue weighted by molar-refractivity contribution is -0.137. The second-order valence-corrected chi connectivity index (χ2v) is 4.49. The molecule has 1 unspecified atom stereocenters. The molecule has 122 valence electrons. The van der Waals surface area contributed by atoms with E-state index < -0.39 is 29.6 Å². The third-order valence-electron chi connectivity index (χ3n) is 2.60. The normalized spacial score (nSPS) is 12.6. The van der Waals surface area contributed by atoms with Crippen LogP contribution in [0.4, 0.5) is 24.5 Å². The van der Waals surface area contributed by atoms with E-state index in [0.29, 0.717) is 0 Å². The zero-order valence-electron chi connectivity index (χ0n) is 12.0. The number of hydrogen-bond acceptors (Lipinski definition) is 4. The van der Waals surface area contributed by atoms with Crippen LogP contribution >= 0.6 is 0 Å². The van der Waals surface area contributed by atoms with E-state index in [1.165, 1.54) is 14.0 Å². The Bertz CT molecular complexity index is 561. The summed E-state index contributed by atoms with van der Waals surface area (Å²) >= 11 is 0. The first-order valence-electron chi connectivity index (χ1n) is 6.19. The molecule has 1 aromatic carbocycles. The molecule has 1 rings (SSSR count). The molecule has 0 aliphatic rings. The van der Waals surface area contributed by atoms with E-state index in [9.17, 15) is 22.8 Å². The van der Waals surface area contributed by atoms with Gasteiger partial charge < -0.3 is 21.1 Å². The van der Waals surface area contributed by atoms with Gasteiger partial charge in [0.2, 0.25) is 11.8 Å². The van der Waals surface area contributed by atoms with Crippen LogP contribution in [0, 0.1) is 0 Å². The minimum absolute atomic E-state index is 0.0402. The third-order valence-corrected chi connectivity index (χ3v) is 2.60. The summed E-state index contributed by atoms with van der Waals surface area (Å²) in [4.78, 5) is 22.9. The van der Waals surface area contributed by atoms with Gasteiger partial charge in [0.25, 0.3) is 0 Å². The van der Waals surface area contributed by atoms with E-state index in [-0.39, 0.29) is 18.0 Å². The third kappa shape index (κ3) is 5.01. The first-order valence-corrected chi connectivity index (χ1v) is 6.19. The van der Waals surface area contributed by atoms with Gasteiger partial charge in [0.05, 0.1) is 23.5 Å². The van der Waals surface area contributed by atoms with Gasteiger partial charge in [0, 0.05) is 14.0 Å². The van der Waals surface area contributed by atoms with Crippen LogP contribution in [0.2, 0.25) is 0 Å². The lowest BCUT2D eigenvalue weighted by atomic mass is 10.1. The molecular weight excluding hydrogens is 303 g/mol. The number of benzene rings is 1. The van der Waals surface area contributed by atoms with Gasteiger partial charge in [0.1, 0.15) is 6.04 Å². The van der Waals surface area contributed by atoms with Crippen LogP contribution in [0.3, 0.4) is 0 Å². The number of ether oxygens (including phenoxy) is 1. The van der Waals surface area contributed by atoms with E-state index in [4.69, 9.17) is 10.5 Å². The summed E-state index contributed by atoms with van der Waals surface area (Å²) in [5, 5.41) is 4.59. The Balaban J connectivity index is 3.11. The zero-order chi connectivity index (χ0) is 16.9. The van der Waals surface area contributed by atoms with Crippen molar-refractivity contribution in [2.24, 2.45) is 5.73 Å². The summed E-state index contributed by atoms with van der Waals surface area (Å²) in [5.74, 6) is -1.22. The lowest BCUT2D eigenvalue weighted by Gasteiger charge is -2.16. The van der Waals surface area contributed by atoms with Gasteiger partial charge in [-0.05, 0) is 18.2 Å². The fourth-order valence-electron chi connectivity index (χ4n) is 1.60. The number of carbonyl (C=O) groups is 2. The first-order chi connectivity index (χ1) is 10.1. The van der Waals surface area contributed by atoms with E-state index in [2.05, 4.69) is 10.6 Å². The number of halogens is 3. The van der Waals surface area contributed by atoms with Gasteiger partial charge >= 0.3 is 6.18 Å². The highest BCUT2D eigenvalue weighted by molar-refractivity contribution is 6.00. The van der Waals surface area contributed by atoms with Crippen LogP contribution < -0.4 is 16.4 Å². The van der Waals surface area contributed by atoms with Crippen molar-refractivity contribution in [3.8, 4) is 0 Å². The molecule has 0 spiro atoms. The molecule has 0 aromatic heterocycles. The second kappa shape index (κ2) is 7.23. The Morgan fingerprint density at radius 3 is 2.41 bits per heavy atom. The van der Waals surface area contributed by atoms with Crippen molar-refractivity contribution in [2.45, 2.75) is 19.1 Å². The zero-order valence-corrected chi connectivity index (χ0v) is 12.0. The van der Waals surface area contributed by atoms with Crippen LogP contribution in [-0.4, -0.2) is 31.6 Å². The monoisotopic (exact) mass is 319 g/mol. The highest BCUT2D eigenvalue weighted by atomic mass is 19.4. The van der Waals surface area contributed by atoms with Gasteiger partial charge in [-0.15, -0.1) is 0 Å². The molecule has 0 saturated carbocycles. The van der Waals surface area contributed by atoms with Gasteiger partial charge in [-0.2, -0.15) is 13.2 Å². The number of nitrogens with two attached hydrogens (primary N) is 1. The van der Waals surface area contributed by atoms with Gasteiger partial charge in [-0.25, -0.2) is 0 Å². The second-order valence-electron chi connectivity index (χ2n) is 4.49. The SMILES string of the molecule is COCC(N)C(=O)Nc1cc(C(F)(F)F)ccc1NC(C)=O.